The summed E-state index contributed by atoms with van der Waals surface area (Å²) in [6.07, 6.45) is 3.10. The first-order valence-electron chi connectivity index (χ1n) is 5.40. The normalized spacial score (nSPS) is 10.3. The number of carbonyl (C=O) groups excluding carboxylic acids is 1. The Kier molecular flexibility index (Phi) is 3.18. The Hall–Kier alpha value is -2.50. The van der Waals surface area contributed by atoms with Crippen molar-refractivity contribution < 1.29 is 9.90 Å². The van der Waals surface area contributed by atoms with E-state index >= 15 is 0 Å². The van der Waals surface area contributed by atoms with Crippen molar-refractivity contribution in [3.8, 4) is 5.75 Å². The highest BCUT2D eigenvalue weighted by Crippen LogP contribution is 2.19. The molecule has 18 heavy (non-hydrogen) atoms. The number of benzene rings is 1. The molecule has 1 aromatic heterocycles. The number of phenols is 1. The van der Waals surface area contributed by atoms with E-state index in [9.17, 15) is 9.90 Å². The molecule has 0 aliphatic carbocycles. The number of phenolic OH excluding ortho intramolecular Hbond substituents is 1. The summed E-state index contributed by atoms with van der Waals surface area (Å²) in [5, 5.41) is 16.2. The molecular formula is C12H14N4O2. The van der Waals surface area contributed by atoms with E-state index in [0.717, 1.165) is 0 Å². The molecular weight excluding hydrogens is 232 g/mol. The zero-order valence-electron chi connectivity index (χ0n) is 9.92. The molecule has 6 nitrogen and oxygen atoms in total. The lowest BCUT2D eigenvalue weighted by atomic mass is 10.1. The molecule has 2 rings (SSSR count). The number of amides is 1. The third-order valence-electron chi connectivity index (χ3n) is 2.51. The van der Waals surface area contributed by atoms with Crippen molar-refractivity contribution in [3.05, 3.63) is 41.7 Å². The van der Waals surface area contributed by atoms with Crippen LogP contribution in [-0.4, -0.2) is 20.8 Å². The Bertz CT molecular complexity index is 577. The van der Waals surface area contributed by atoms with Crippen molar-refractivity contribution in [2.24, 2.45) is 7.05 Å². The van der Waals surface area contributed by atoms with Crippen LogP contribution in [0, 0.1) is 0 Å². The van der Waals surface area contributed by atoms with E-state index in [2.05, 4.69) is 10.4 Å². The third-order valence-corrected chi connectivity index (χ3v) is 2.51. The van der Waals surface area contributed by atoms with Gasteiger partial charge in [0.05, 0.1) is 11.8 Å². The van der Waals surface area contributed by atoms with Crippen molar-refractivity contribution in [1.29, 1.82) is 0 Å². The van der Waals surface area contributed by atoms with Gasteiger partial charge in [0, 0.05) is 31.0 Å². The lowest BCUT2D eigenvalue weighted by Gasteiger charge is -2.07. The largest absolute Gasteiger partial charge is 0.508 e. The molecule has 0 aliphatic rings. The lowest BCUT2D eigenvalue weighted by molar-refractivity contribution is 0.0950. The van der Waals surface area contributed by atoms with Crippen LogP contribution in [0.4, 0.5) is 5.69 Å². The number of aromatic nitrogens is 2. The summed E-state index contributed by atoms with van der Waals surface area (Å²) in [6, 6.07) is 4.72. The summed E-state index contributed by atoms with van der Waals surface area (Å²) >= 11 is 0. The van der Waals surface area contributed by atoms with Gasteiger partial charge in [-0.3, -0.25) is 9.48 Å². The number of nitrogens with one attached hydrogen (secondary N) is 1. The SMILES string of the molecule is Cn1cc(C(=O)NCc2cc(N)ccc2O)cn1. The number of nitrogen functional groups attached to an aromatic ring is 1. The maximum Gasteiger partial charge on any atom is 0.254 e. The van der Waals surface area contributed by atoms with Crippen molar-refractivity contribution >= 4 is 11.6 Å². The van der Waals surface area contributed by atoms with E-state index in [0.29, 0.717) is 16.8 Å². The first-order chi connectivity index (χ1) is 8.56. The topological polar surface area (TPSA) is 93.2 Å². The molecule has 0 radical (unpaired) electrons. The van der Waals surface area contributed by atoms with Crippen LogP contribution in [0.25, 0.3) is 0 Å². The number of hydrogen-bond donors (Lipinski definition) is 3. The van der Waals surface area contributed by atoms with E-state index in [-0.39, 0.29) is 18.2 Å². The molecule has 94 valence electrons. The average Bonchev–Trinajstić information content (AvgIpc) is 2.77. The number of nitrogens with two attached hydrogens (primary N) is 1. The van der Waals surface area contributed by atoms with Crippen LogP contribution in [0.2, 0.25) is 0 Å². The summed E-state index contributed by atoms with van der Waals surface area (Å²) in [5.41, 5.74) is 7.20. The summed E-state index contributed by atoms with van der Waals surface area (Å²) in [4.78, 5) is 11.8. The van der Waals surface area contributed by atoms with Crippen LogP contribution in [0.5, 0.6) is 5.75 Å². The van der Waals surface area contributed by atoms with Crippen molar-refractivity contribution in [2.75, 3.05) is 5.73 Å². The van der Waals surface area contributed by atoms with Gasteiger partial charge in [0.2, 0.25) is 0 Å². The molecule has 2 aromatic rings. The molecule has 0 saturated heterocycles. The van der Waals surface area contributed by atoms with Gasteiger partial charge in [0.25, 0.3) is 5.91 Å². The summed E-state index contributed by atoms with van der Waals surface area (Å²) < 4.78 is 1.55. The van der Waals surface area contributed by atoms with Gasteiger partial charge in [-0.05, 0) is 18.2 Å². The molecule has 0 saturated carbocycles. The second kappa shape index (κ2) is 4.79. The Balaban J connectivity index is 2.03. The second-order valence-electron chi connectivity index (χ2n) is 3.97. The van der Waals surface area contributed by atoms with Crippen LogP contribution in [0.1, 0.15) is 15.9 Å². The van der Waals surface area contributed by atoms with E-state index < -0.39 is 0 Å². The minimum absolute atomic E-state index is 0.107. The Morgan fingerprint density at radius 1 is 1.56 bits per heavy atom. The number of rotatable bonds is 3. The zero-order chi connectivity index (χ0) is 13.1. The lowest BCUT2D eigenvalue weighted by Crippen LogP contribution is -2.22. The smallest absolute Gasteiger partial charge is 0.254 e. The van der Waals surface area contributed by atoms with E-state index in [1.54, 1.807) is 30.1 Å². The molecule has 0 fully saturated rings. The van der Waals surface area contributed by atoms with Crippen LogP contribution >= 0.6 is 0 Å². The van der Waals surface area contributed by atoms with Crippen molar-refractivity contribution in [1.82, 2.24) is 15.1 Å². The van der Waals surface area contributed by atoms with Gasteiger partial charge in [0.15, 0.2) is 0 Å². The van der Waals surface area contributed by atoms with E-state index in [4.69, 9.17) is 5.73 Å². The minimum Gasteiger partial charge on any atom is -0.508 e. The van der Waals surface area contributed by atoms with Crippen LogP contribution in [-0.2, 0) is 13.6 Å². The Morgan fingerprint density at radius 2 is 2.33 bits per heavy atom. The first kappa shape index (κ1) is 12.0. The number of anilines is 1. The van der Waals surface area contributed by atoms with Gasteiger partial charge in [-0.1, -0.05) is 0 Å². The fourth-order valence-electron chi connectivity index (χ4n) is 1.56. The molecule has 1 heterocycles. The minimum atomic E-state index is -0.245. The molecule has 1 amide bonds. The second-order valence-corrected chi connectivity index (χ2v) is 3.97. The van der Waals surface area contributed by atoms with Crippen LogP contribution < -0.4 is 11.1 Å². The number of carbonyl (C=O) groups is 1. The molecule has 0 atom stereocenters. The van der Waals surface area contributed by atoms with Crippen LogP contribution in [0.15, 0.2) is 30.6 Å². The highest BCUT2D eigenvalue weighted by molar-refractivity contribution is 5.93. The summed E-state index contributed by atoms with van der Waals surface area (Å²) in [5.74, 6) is -0.138. The highest BCUT2D eigenvalue weighted by atomic mass is 16.3. The standard InChI is InChI=1S/C12H14N4O2/c1-16-7-9(6-15-16)12(18)14-5-8-4-10(13)2-3-11(8)17/h2-4,6-7,17H,5,13H2,1H3,(H,14,18). The Labute approximate surface area is 104 Å². The molecule has 1 aromatic carbocycles. The van der Waals surface area contributed by atoms with Crippen molar-refractivity contribution in [3.63, 3.8) is 0 Å². The van der Waals surface area contributed by atoms with Gasteiger partial charge >= 0.3 is 0 Å². The fourth-order valence-corrected chi connectivity index (χ4v) is 1.56. The maximum atomic E-state index is 11.8. The molecule has 0 unspecified atom stereocenters. The van der Waals surface area contributed by atoms with Gasteiger partial charge in [0.1, 0.15) is 5.75 Å². The van der Waals surface area contributed by atoms with E-state index in [1.807, 2.05) is 0 Å². The monoisotopic (exact) mass is 246 g/mol. The van der Waals surface area contributed by atoms with Gasteiger partial charge in [-0.25, -0.2) is 0 Å². The molecule has 0 bridgehead atoms. The molecule has 0 spiro atoms. The molecule has 6 heteroatoms. The average molecular weight is 246 g/mol. The Morgan fingerprint density at radius 3 is 3.00 bits per heavy atom. The number of hydrogen-bond acceptors (Lipinski definition) is 4. The van der Waals surface area contributed by atoms with Gasteiger partial charge in [-0.15, -0.1) is 0 Å². The van der Waals surface area contributed by atoms with Crippen molar-refractivity contribution in [2.45, 2.75) is 6.54 Å². The molecule has 0 aliphatic heterocycles. The van der Waals surface area contributed by atoms with Gasteiger partial charge in [-0.2, -0.15) is 5.10 Å². The maximum absolute atomic E-state index is 11.8. The highest BCUT2D eigenvalue weighted by Gasteiger charge is 2.08. The van der Waals surface area contributed by atoms with E-state index in [1.165, 1.54) is 12.3 Å². The molecule has 4 N–H and O–H groups in total. The van der Waals surface area contributed by atoms with Crippen LogP contribution in [0.3, 0.4) is 0 Å². The quantitative estimate of drug-likeness (QED) is 0.547. The predicted molar refractivity (Wildman–Crippen MR) is 66.9 cm³/mol. The third kappa shape index (κ3) is 2.60. The first-order valence-corrected chi connectivity index (χ1v) is 5.40. The number of aromatic hydroxyl groups is 1. The summed E-state index contributed by atoms with van der Waals surface area (Å²) in [6.45, 7) is 0.213. The zero-order valence-corrected chi connectivity index (χ0v) is 9.92. The number of nitrogens with zero attached hydrogens (tertiary/aromatic N) is 2. The summed E-state index contributed by atoms with van der Waals surface area (Å²) in [7, 11) is 1.74. The number of aryl methyl sites for hydroxylation is 1. The van der Waals surface area contributed by atoms with Gasteiger partial charge < -0.3 is 16.2 Å². The fraction of sp³-hybridized carbons (Fsp3) is 0.167. The predicted octanol–water partition coefficient (Wildman–Crippen LogP) is 0.638.